The summed E-state index contributed by atoms with van der Waals surface area (Å²) in [7, 11) is 2.03. The fourth-order valence-corrected chi connectivity index (χ4v) is 1.48. The summed E-state index contributed by atoms with van der Waals surface area (Å²) in [5.74, 6) is 0.401. The summed E-state index contributed by atoms with van der Waals surface area (Å²) in [6, 6.07) is 0. The Bertz CT molecular complexity index is 306. The van der Waals surface area contributed by atoms with Crippen LogP contribution in [0.4, 0.5) is 0 Å². The second-order valence-electron chi connectivity index (χ2n) is 3.08. The molecule has 0 aromatic carbocycles. The molecule has 0 saturated heterocycles. The molecule has 0 amide bonds. The van der Waals surface area contributed by atoms with Gasteiger partial charge in [0, 0.05) is 18.7 Å². The van der Waals surface area contributed by atoms with Crippen molar-refractivity contribution in [3.05, 3.63) is 17.0 Å². The van der Waals surface area contributed by atoms with Crippen molar-refractivity contribution in [3.8, 4) is 0 Å². The van der Waals surface area contributed by atoms with Crippen molar-refractivity contribution in [1.82, 2.24) is 10.1 Å². The van der Waals surface area contributed by atoms with E-state index in [1.807, 2.05) is 7.05 Å². The van der Waals surface area contributed by atoms with E-state index in [4.69, 9.17) is 4.52 Å². The van der Waals surface area contributed by atoms with Crippen LogP contribution in [0.2, 0.25) is 0 Å². The largest absolute Gasteiger partial charge is 0.353 e. The summed E-state index contributed by atoms with van der Waals surface area (Å²) < 4.78 is 4.87. The molecule has 4 nitrogen and oxygen atoms in total. The monoisotopic (exact) mass is 166 g/mol. The van der Waals surface area contributed by atoms with E-state index in [0.29, 0.717) is 5.76 Å². The number of fused-ring (bicyclic) bond motifs is 1. The molecular formula is C8H10N2O2. The first-order chi connectivity index (χ1) is 5.81. The number of aldehydes is 1. The molecule has 2 heterocycles. The molecule has 12 heavy (non-hydrogen) atoms. The SMILES string of the molecule is CN1CCc2c(noc2C=O)C1. The van der Waals surface area contributed by atoms with E-state index in [1.165, 1.54) is 0 Å². The number of aromatic nitrogens is 1. The van der Waals surface area contributed by atoms with Gasteiger partial charge in [-0.25, -0.2) is 0 Å². The van der Waals surface area contributed by atoms with Crippen LogP contribution in [-0.4, -0.2) is 29.9 Å². The highest BCUT2D eigenvalue weighted by Gasteiger charge is 2.20. The second kappa shape index (κ2) is 2.71. The third-order valence-electron chi connectivity index (χ3n) is 2.17. The molecule has 64 valence electrons. The van der Waals surface area contributed by atoms with Crippen LogP contribution in [0.3, 0.4) is 0 Å². The number of hydrogen-bond acceptors (Lipinski definition) is 4. The molecule has 2 rings (SSSR count). The highest BCUT2D eigenvalue weighted by atomic mass is 16.5. The standard InChI is InChI=1S/C8H10N2O2/c1-10-3-2-6-7(4-10)9-12-8(6)5-11/h5H,2-4H2,1H3. The lowest BCUT2D eigenvalue weighted by Crippen LogP contribution is -2.26. The van der Waals surface area contributed by atoms with Gasteiger partial charge in [0.2, 0.25) is 5.76 Å². The molecule has 0 radical (unpaired) electrons. The predicted molar refractivity (Wildman–Crippen MR) is 41.9 cm³/mol. The minimum Gasteiger partial charge on any atom is -0.353 e. The fourth-order valence-electron chi connectivity index (χ4n) is 1.48. The maximum atomic E-state index is 10.5. The van der Waals surface area contributed by atoms with E-state index in [2.05, 4.69) is 10.1 Å². The van der Waals surface area contributed by atoms with Crippen molar-refractivity contribution < 1.29 is 9.32 Å². The van der Waals surface area contributed by atoms with E-state index in [0.717, 1.165) is 37.1 Å². The summed E-state index contributed by atoms with van der Waals surface area (Å²) in [6.45, 7) is 1.75. The number of hydrogen-bond donors (Lipinski definition) is 0. The van der Waals surface area contributed by atoms with Crippen LogP contribution in [-0.2, 0) is 13.0 Å². The topological polar surface area (TPSA) is 46.3 Å². The van der Waals surface area contributed by atoms with Crippen LogP contribution in [0.1, 0.15) is 21.8 Å². The van der Waals surface area contributed by atoms with Gasteiger partial charge in [-0.1, -0.05) is 5.16 Å². The van der Waals surface area contributed by atoms with Gasteiger partial charge >= 0.3 is 0 Å². The normalized spacial score (nSPS) is 17.4. The quantitative estimate of drug-likeness (QED) is 0.569. The molecule has 0 atom stereocenters. The summed E-state index contributed by atoms with van der Waals surface area (Å²) in [4.78, 5) is 12.6. The lowest BCUT2D eigenvalue weighted by atomic mass is 10.1. The Hall–Kier alpha value is -1.16. The Morgan fingerprint density at radius 1 is 1.67 bits per heavy atom. The molecule has 1 aliphatic rings. The Balaban J connectivity index is 2.38. The summed E-state index contributed by atoms with van der Waals surface area (Å²) in [5, 5.41) is 3.83. The maximum absolute atomic E-state index is 10.5. The lowest BCUT2D eigenvalue weighted by molar-refractivity contribution is 0.109. The molecule has 1 aromatic heterocycles. The number of carbonyl (C=O) groups is 1. The number of rotatable bonds is 1. The first-order valence-electron chi connectivity index (χ1n) is 3.92. The average molecular weight is 166 g/mol. The van der Waals surface area contributed by atoms with E-state index in [9.17, 15) is 4.79 Å². The van der Waals surface area contributed by atoms with Gasteiger partial charge in [-0.2, -0.15) is 0 Å². The molecular weight excluding hydrogens is 156 g/mol. The lowest BCUT2D eigenvalue weighted by Gasteiger charge is -2.20. The molecule has 0 spiro atoms. The van der Waals surface area contributed by atoms with Gasteiger partial charge < -0.3 is 9.42 Å². The first-order valence-corrected chi connectivity index (χ1v) is 3.92. The predicted octanol–water partition coefficient (Wildman–Crippen LogP) is 0.475. The van der Waals surface area contributed by atoms with Gasteiger partial charge in [-0.3, -0.25) is 4.79 Å². The minimum absolute atomic E-state index is 0.401. The van der Waals surface area contributed by atoms with Crippen molar-refractivity contribution in [2.24, 2.45) is 0 Å². The summed E-state index contributed by atoms with van der Waals surface area (Å²) in [6.07, 6.45) is 1.60. The Morgan fingerprint density at radius 2 is 2.50 bits per heavy atom. The van der Waals surface area contributed by atoms with Crippen LogP contribution in [0.5, 0.6) is 0 Å². The molecule has 4 heteroatoms. The van der Waals surface area contributed by atoms with E-state index in [1.54, 1.807) is 0 Å². The fraction of sp³-hybridized carbons (Fsp3) is 0.500. The van der Waals surface area contributed by atoms with Gasteiger partial charge in [0.1, 0.15) is 5.69 Å². The van der Waals surface area contributed by atoms with Crippen molar-refractivity contribution in [2.45, 2.75) is 13.0 Å². The van der Waals surface area contributed by atoms with Crippen LogP contribution < -0.4 is 0 Å². The third kappa shape index (κ3) is 1.04. The van der Waals surface area contributed by atoms with Gasteiger partial charge in [-0.05, 0) is 13.5 Å². The molecule has 0 unspecified atom stereocenters. The average Bonchev–Trinajstić information content (AvgIpc) is 2.46. The van der Waals surface area contributed by atoms with Crippen LogP contribution in [0.15, 0.2) is 4.52 Å². The molecule has 0 aliphatic carbocycles. The molecule has 1 aromatic rings. The zero-order valence-corrected chi connectivity index (χ0v) is 6.91. The van der Waals surface area contributed by atoms with Crippen molar-refractivity contribution in [3.63, 3.8) is 0 Å². The van der Waals surface area contributed by atoms with Gasteiger partial charge in [0.15, 0.2) is 6.29 Å². The number of likely N-dealkylation sites (N-methyl/N-ethyl adjacent to an activating group) is 1. The van der Waals surface area contributed by atoms with E-state index < -0.39 is 0 Å². The highest BCUT2D eigenvalue weighted by Crippen LogP contribution is 2.19. The zero-order valence-electron chi connectivity index (χ0n) is 6.91. The van der Waals surface area contributed by atoms with Crippen LogP contribution in [0.25, 0.3) is 0 Å². The Kier molecular flexibility index (Phi) is 1.69. The minimum atomic E-state index is 0.401. The molecule has 0 N–H and O–H groups in total. The molecule has 0 saturated carbocycles. The third-order valence-corrected chi connectivity index (χ3v) is 2.17. The maximum Gasteiger partial charge on any atom is 0.202 e. The van der Waals surface area contributed by atoms with Gasteiger partial charge in [-0.15, -0.1) is 0 Å². The smallest absolute Gasteiger partial charge is 0.202 e. The summed E-state index contributed by atoms with van der Waals surface area (Å²) in [5.41, 5.74) is 1.90. The molecule has 1 aliphatic heterocycles. The van der Waals surface area contributed by atoms with Gasteiger partial charge in [0.05, 0.1) is 0 Å². The van der Waals surface area contributed by atoms with Crippen LogP contribution in [0, 0.1) is 0 Å². The molecule has 0 bridgehead atoms. The van der Waals surface area contributed by atoms with E-state index in [-0.39, 0.29) is 0 Å². The second-order valence-corrected chi connectivity index (χ2v) is 3.08. The van der Waals surface area contributed by atoms with Gasteiger partial charge in [0.25, 0.3) is 0 Å². The first kappa shape index (κ1) is 7.49. The van der Waals surface area contributed by atoms with E-state index >= 15 is 0 Å². The van der Waals surface area contributed by atoms with Crippen LogP contribution >= 0.6 is 0 Å². The van der Waals surface area contributed by atoms with Crippen molar-refractivity contribution in [1.29, 1.82) is 0 Å². The number of carbonyl (C=O) groups excluding carboxylic acids is 1. The highest BCUT2D eigenvalue weighted by molar-refractivity contribution is 5.73. The van der Waals surface area contributed by atoms with Crippen molar-refractivity contribution >= 4 is 6.29 Å². The Morgan fingerprint density at radius 3 is 3.25 bits per heavy atom. The summed E-state index contributed by atoms with van der Waals surface area (Å²) >= 11 is 0. The zero-order chi connectivity index (χ0) is 8.55. The van der Waals surface area contributed by atoms with Crippen molar-refractivity contribution in [2.75, 3.05) is 13.6 Å². The molecule has 0 fully saturated rings. The Labute approximate surface area is 70.1 Å². The number of nitrogens with zero attached hydrogens (tertiary/aromatic N) is 2.